The molecule has 1 unspecified atom stereocenters. The zero-order valence-electron chi connectivity index (χ0n) is 11.5. The summed E-state index contributed by atoms with van der Waals surface area (Å²) in [6.45, 7) is 1.64. The van der Waals surface area contributed by atoms with E-state index in [-0.39, 0.29) is 0 Å². The molecule has 1 aliphatic carbocycles. The van der Waals surface area contributed by atoms with Crippen LogP contribution in [0.5, 0.6) is 0 Å². The minimum absolute atomic E-state index is 0.301. The van der Waals surface area contributed by atoms with Crippen molar-refractivity contribution in [2.24, 2.45) is 7.05 Å². The molecule has 0 saturated heterocycles. The second kappa shape index (κ2) is 4.43. The maximum atomic E-state index is 11.7. The zero-order valence-corrected chi connectivity index (χ0v) is 11.5. The van der Waals surface area contributed by atoms with Gasteiger partial charge in [-0.2, -0.15) is 20.1 Å². The molecule has 106 valence electrons. The smallest absolute Gasteiger partial charge is 0.333 e. The third-order valence-corrected chi connectivity index (χ3v) is 3.71. The Morgan fingerprint density at radius 2 is 2.20 bits per heavy atom. The van der Waals surface area contributed by atoms with Crippen molar-refractivity contribution in [2.75, 3.05) is 0 Å². The summed E-state index contributed by atoms with van der Waals surface area (Å²) in [5.41, 5.74) is 0.544. The standard InChI is InChI=1S/C13H17N5O2/c1-13(12(19)20,5-9-6-14-17(2)8-9)18-15-7-11(16-18)10-3-4-10/h6-8,10H,3-5H2,1-2H3,(H,19,20). The Hall–Kier alpha value is -2.18. The number of hydrogen-bond donors (Lipinski definition) is 1. The predicted octanol–water partition coefficient (Wildman–Crippen LogP) is 0.931. The van der Waals surface area contributed by atoms with Crippen LogP contribution in [0.25, 0.3) is 0 Å². The van der Waals surface area contributed by atoms with E-state index in [2.05, 4.69) is 15.3 Å². The van der Waals surface area contributed by atoms with Crippen LogP contribution in [0.3, 0.4) is 0 Å². The first kappa shape index (κ1) is 12.8. The Morgan fingerprint density at radius 1 is 1.45 bits per heavy atom. The lowest BCUT2D eigenvalue weighted by Crippen LogP contribution is -2.42. The van der Waals surface area contributed by atoms with Crippen molar-refractivity contribution >= 4 is 5.97 Å². The largest absolute Gasteiger partial charge is 0.479 e. The Balaban J connectivity index is 1.91. The van der Waals surface area contributed by atoms with Crippen molar-refractivity contribution in [1.82, 2.24) is 24.8 Å². The third-order valence-electron chi connectivity index (χ3n) is 3.71. The van der Waals surface area contributed by atoms with E-state index in [1.807, 2.05) is 6.20 Å². The second-order valence-corrected chi connectivity index (χ2v) is 5.61. The van der Waals surface area contributed by atoms with Crippen LogP contribution < -0.4 is 0 Å². The molecule has 0 spiro atoms. The van der Waals surface area contributed by atoms with E-state index in [4.69, 9.17) is 0 Å². The van der Waals surface area contributed by atoms with Gasteiger partial charge in [0, 0.05) is 25.6 Å². The quantitative estimate of drug-likeness (QED) is 0.877. The summed E-state index contributed by atoms with van der Waals surface area (Å²) >= 11 is 0. The van der Waals surface area contributed by atoms with E-state index in [0.717, 1.165) is 24.1 Å². The van der Waals surface area contributed by atoms with Crippen LogP contribution in [0, 0.1) is 0 Å². The Labute approximate surface area is 116 Å². The van der Waals surface area contributed by atoms with Gasteiger partial charge in [0.1, 0.15) is 0 Å². The first-order chi connectivity index (χ1) is 9.49. The number of carboxylic acids is 1. The van der Waals surface area contributed by atoms with Gasteiger partial charge in [-0.3, -0.25) is 4.68 Å². The molecule has 0 bridgehead atoms. The third kappa shape index (κ3) is 2.19. The summed E-state index contributed by atoms with van der Waals surface area (Å²) in [4.78, 5) is 13.0. The van der Waals surface area contributed by atoms with Gasteiger partial charge in [-0.25, -0.2) is 4.79 Å². The number of aryl methyl sites for hydroxylation is 1. The van der Waals surface area contributed by atoms with Gasteiger partial charge < -0.3 is 5.11 Å². The van der Waals surface area contributed by atoms with Crippen LogP contribution in [0.2, 0.25) is 0 Å². The first-order valence-electron chi connectivity index (χ1n) is 6.63. The second-order valence-electron chi connectivity index (χ2n) is 5.61. The fourth-order valence-electron chi connectivity index (χ4n) is 2.27. The lowest BCUT2D eigenvalue weighted by Gasteiger charge is -2.23. The fourth-order valence-corrected chi connectivity index (χ4v) is 2.27. The molecule has 1 fully saturated rings. The van der Waals surface area contributed by atoms with Crippen molar-refractivity contribution in [3.63, 3.8) is 0 Å². The van der Waals surface area contributed by atoms with Gasteiger partial charge in [0.25, 0.3) is 0 Å². The van der Waals surface area contributed by atoms with Crippen molar-refractivity contribution < 1.29 is 9.90 Å². The first-order valence-corrected chi connectivity index (χ1v) is 6.63. The number of nitrogens with zero attached hydrogens (tertiary/aromatic N) is 5. The maximum absolute atomic E-state index is 11.7. The van der Waals surface area contributed by atoms with Crippen LogP contribution >= 0.6 is 0 Å². The number of rotatable bonds is 5. The van der Waals surface area contributed by atoms with Crippen molar-refractivity contribution in [3.05, 3.63) is 29.8 Å². The maximum Gasteiger partial charge on any atom is 0.333 e. The summed E-state index contributed by atoms with van der Waals surface area (Å²) in [6, 6.07) is 0. The average molecular weight is 275 g/mol. The van der Waals surface area contributed by atoms with Crippen LogP contribution in [0.4, 0.5) is 0 Å². The molecule has 1 atom stereocenters. The van der Waals surface area contributed by atoms with E-state index in [1.54, 1.807) is 31.0 Å². The fraction of sp³-hybridized carbons (Fsp3) is 0.538. The Morgan fingerprint density at radius 3 is 2.75 bits per heavy atom. The number of aromatic nitrogens is 5. The molecular weight excluding hydrogens is 258 g/mol. The van der Waals surface area contributed by atoms with Crippen LogP contribution in [0.1, 0.15) is 36.9 Å². The molecule has 1 saturated carbocycles. The zero-order chi connectivity index (χ0) is 14.3. The number of aliphatic carboxylic acids is 1. The molecular formula is C13H17N5O2. The van der Waals surface area contributed by atoms with E-state index in [1.165, 1.54) is 4.80 Å². The number of carboxylic acid groups (broad SMARTS) is 1. The van der Waals surface area contributed by atoms with Gasteiger partial charge in [0.2, 0.25) is 0 Å². The number of carbonyl (C=O) groups is 1. The normalized spacial score (nSPS) is 17.9. The minimum Gasteiger partial charge on any atom is -0.479 e. The molecule has 1 N–H and O–H groups in total. The van der Waals surface area contributed by atoms with Crippen molar-refractivity contribution in [1.29, 1.82) is 0 Å². The molecule has 7 heteroatoms. The Bertz CT molecular complexity index is 643. The average Bonchev–Trinajstić information content (AvgIpc) is 2.97. The minimum atomic E-state index is -1.20. The topological polar surface area (TPSA) is 85.8 Å². The van der Waals surface area contributed by atoms with Gasteiger partial charge in [-0.05, 0) is 25.3 Å². The highest BCUT2D eigenvalue weighted by atomic mass is 16.4. The molecule has 1 aliphatic rings. The van der Waals surface area contributed by atoms with Crippen LogP contribution in [-0.4, -0.2) is 35.9 Å². The molecule has 2 aromatic heterocycles. The van der Waals surface area contributed by atoms with Gasteiger partial charge >= 0.3 is 5.97 Å². The molecule has 20 heavy (non-hydrogen) atoms. The van der Waals surface area contributed by atoms with Crippen LogP contribution in [0.15, 0.2) is 18.6 Å². The van der Waals surface area contributed by atoms with Gasteiger partial charge in [-0.15, -0.1) is 0 Å². The van der Waals surface area contributed by atoms with Crippen molar-refractivity contribution in [3.8, 4) is 0 Å². The van der Waals surface area contributed by atoms with Gasteiger partial charge in [-0.1, -0.05) is 0 Å². The highest BCUT2D eigenvalue weighted by Crippen LogP contribution is 2.38. The SMILES string of the molecule is Cn1cc(CC(C)(C(=O)O)n2ncc(C3CC3)n2)cn1. The lowest BCUT2D eigenvalue weighted by atomic mass is 9.95. The molecule has 0 radical (unpaired) electrons. The summed E-state index contributed by atoms with van der Waals surface area (Å²) in [5, 5.41) is 22.2. The van der Waals surface area contributed by atoms with Crippen molar-refractivity contribution in [2.45, 2.75) is 37.6 Å². The molecule has 3 rings (SSSR count). The van der Waals surface area contributed by atoms with E-state index in [0.29, 0.717) is 12.3 Å². The van der Waals surface area contributed by atoms with Crippen LogP contribution in [-0.2, 0) is 23.8 Å². The summed E-state index contributed by atoms with van der Waals surface area (Å²) in [6.07, 6.45) is 7.70. The molecule has 2 heterocycles. The highest BCUT2D eigenvalue weighted by Gasteiger charge is 2.39. The molecule has 0 amide bonds. The Kier molecular flexibility index (Phi) is 2.84. The summed E-state index contributed by atoms with van der Waals surface area (Å²) < 4.78 is 1.66. The van der Waals surface area contributed by atoms with E-state index >= 15 is 0 Å². The van der Waals surface area contributed by atoms with Gasteiger partial charge in [0.05, 0.1) is 18.1 Å². The molecule has 0 aromatic carbocycles. The molecule has 7 nitrogen and oxygen atoms in total. The summed E-state index contributed by atoms with van der Waals surface area (Å²) in [5.74, 6) is -0.487. The number of hydrogen-bond acceptors (Lipinski definition) is 4. The predicted molar refractivity (Wildman–Crippen MR) is 70.2 cm³/mol. The summed E-state index contributed by atoms with van der Waals surface area (Å²) in [7, 11) is 1.80. The van der Waals surface area contributed by atoms with Gasteiger partial charge in [0.15, 0.2) is 5.54 Å². The van der Waals surface area contributed by atoms with E-state index in [9.17, 15) is 9.90 Å². The highest BCUT2D eigenvalue weighted by molar-refractivity contribution is 5.76. The monoisotopic (exact) mass is 275 g/mol. The molecule has 0 aliphatic heterocycles. The lowest BCUT2D eigenvalue weighted by molar-refractivity contribution is -0.147. The van der Waals surface area contributed by atoms with E-state index < -0.39 is 11.5 Å². The molecule has 2 aromatic rings.